The van der Waals surface area contributed by atoms with Gasteiger partial charge >= 0.3 is 0 Å². The lowest BCUT2D eigenvalue weighted by Crippen LogP contribution is -2.37. The maximum absolute atomic E-state index is 12.6. The Morgan fingerprint density at radius 3 is 3.08 bits per heavy atom. The van der Waals surface area contributed by atoms with E-state index in [1.807, 2.05) is 54.8 Å². The van der Waals surface area contributed by atoms with Crippen molar-refractivity contribution in [3.8, 4) is 5.75 Å². The highest BCUT2D eigenvalue weighted by Crippen LogP contribution is 2.35. The van der Waals surface area contributed by atoms with Crippen LogP contribution < -0.4 is 10.1 Å². The molecule has 122 valence electrons. The van der Waals surface area contributed by atoms with Gasteiger partial charge in [-0.05, 0) is 37.6 Å². The number of carbonyl (C=O) groups excluding carboxylic acids is 1. The highest BCUT2D eigenvalue weighted by Gasteiger charge is 2.30. The summed E-state index contributed by atoms with van der Waals surface area (Å²) >= 11 is 0. The number of nitrogens with one attached hydrogen (secondary N) is 1. The van der Waals surface area contributed by atoms with Crippen LogP contribution in [-0.4, -0.2) is 27.9 Å². The molecule has 3 aromatic rings. The molecule has 5 nitrogen and oxygen atoms in total. The summed E-state index contributed by atoms with van der Waals surface area (Å²) in [5.74, 6) is 0.907. The van der Waals surface area contributed by atoms with E-state index in [-0.39, 0.29) is 17.9 Å². The molecule has 0 saturated carbocycles. The molecule has 3 heterocycles. The fraction of sp³-hybridized carbons (Fsp3) is 0.263. The average molecular weight is 321 g/mol. The standard InChI is InChI=1S/C19H19N3O2/c1-12-7-8-22-10-16(21-18(22)9-12)19(23)20-13(2)15-11-24-17-6-4-3-5-14(15)17/h3-10,13,15H,11H2,1-2H3,(H,20,23). The maximum atomic E-state index is 12.6. The van der Waals surface area contributed by atoms with Crippen LogP contribution in [0.4, 0.5) is 0 Å². The van der Waals surface area contributed by atoms with Gasteiger partial charge in [-0.3, -0.25) is 4.79 Å². The summed E-state index contributed by atoms with van der Waals surface area (Å²) in [5.41, 5.74) is 3.48. The van der Waals surface area contributed by atoms with E-state index in [4.69, 9.17) is 4.74 Å². The molecule has 1 aromatic carbocycles. The molecular weight excluding hydrogens is 302 g/mol. The molecule has 0 spiro atoms. The summed E-state index contributed by atoms with van der Waals surface area (Å²) in [4.78, 5) is 17.0. The molecule has 24 heavy (non-hydrogen) atoms. The van der Waals surface area contributed by atoms with Crippen LogP contribution in [0.25, 0.3) is 5.65 Å². The molecule has 0 radical (unpaired) electrons. The average Bonchev–Trinajstić information content (AvgIpc) is 3.18. The van der Waals surface area contributed by atoms with Crippen LogP contribution in [-0.2, 0) is 0 Å². The minimum Gasteiger partial charge on any atom is -0.493 e. The maximum Gasteiger partial charge on any atom is 0.271 e. The summed E-state index contributed by atoms with van der Waals surface area (Å²) in [5, 5.41) is 3.06. The predicted octanol–water partition coefficient (Wildman–Crippen LogP) is 2.94. The number of ether oxygens (including phenoxy) is 1. The van der Waals surface area contributed by atoms with E-state index in [1.165, 1.54) is 0 Å². The van der Waals surface area contributed by atoms with E-state index < -0.39 is 0 Å². The molecule has 1 N–H and O–H groups in total. The number of fused-ring (bicyclic) bond motifs is 2. The van der Waals surface area contributed by atoms with Crippen LogP contribution in [0.3, 0.4) is 0 Å². The summed E-state index contributed by atoms with van der Waals surface area (Å²) in [6.45, 7) is 4.60. The van der Waals surface area contributed by atoms with Crippen LogP contribution in [0.1, 0.15) is 34.5 Å². The largest absolute Gasteiger partial charge is 0.493 e. The Bertz CT molecular complexity index is 916. The Labute approximate surface area is 140 Å². The van der Waals surface area contributed by atoms with Crippen molar-refractivity contribution in [2.75, 3.05) is 6.61 Å². The molecule has 0 saturated heterocycles. The van der Waals surface area contributed by atoms with Crippen molar-refractivity contribution in [1.29, 1.82) is 0 Å². The van der Waals surface area contributed by atoms with Gasteiger partial charge < -0.3 is 14.5 Å². The molecular formula is C19H19N3O2. The number of rotatable bonds is 3. The molecule has 0 fully saturated rings. The number of aromatic nitrogens is 2. The topological polar surface area (TPSA) is 55.6 Å². The van der Waals surface area contributed by atoms with Gasteiger partial charge in [0.2, 0.25) is 0 Å². The first kappa shape index (κ1) is 14.8. The molecule has 2 unspecified atom stereocenters. The zero-order valence-electron chi connectivity index (χ0n) is 13.7. The Hall–Kier alpha value is -2.82. The normalized spacial score (nSPS) is 17.3. The third-order valence-corrected chi connectivity index (χ3v) is 4.55. The van der Waals surface area contributed by atoms with E-state index in [2.05, 4.69) is 16.4 Å². The lowest BCUT2D eigenvalue weighted by Gasteiger charge is -2.19. The number of imidazole rings is 1. The van der Waals surface area contributed by atoms with E-state index in [0.717, 1.165) is 22.5 Å². The van der Waals surface area contributed by atoms with Gasteiger partial charge in [0.15, 0.2) is 0 Å². The van der Waals surface area contributed by atoms with Crippen molar-refractivity contribution in [2.45, 2.75) is 25.8 Å². The van der Waals surface area contributed by atoms with Crippen molar-refractivity contribution in [2.24, 2.45) is 0 Å². The number of pyridine rings is 1. The first-order chi connectivity index (χ1) is 11.6. The second kappa shape index (κ2) is 5.67. The van der Waals surface area contributed by atoms with Crippen LogP contribution in [0.5, 0.6) is 5.75 Å². The highest BCUT2D eigenvalue weighted by atomic mass is 16.5. The molecule has 0 bridgehead atoms. The molecule has 1 amide bonds. The van der Waals surface area contributed by atoms with Gasteiger partial charge in [0.25, 0.3) is 5.91 Å². The summed E-state index contributed by atoms with van der Waals surface area (Å²) in [7, 11) is 0. The molecule has 4 rings (SSSR count). The lowest BCUT2D eigenvalue weighted by atomic mass is 9.94. The Balaban J connectivity index is 1.53. The van der Waals surface area contributed by atoms with Crippen LogP contribution in [0.2, 0.25) is 0 Å². The molecule has 2 atom stereocenters. The van der Waals surface area contributed by atoms with Gasteiger partial charge in [-0.1, -0.05) is 18.2 Å². The monoisotopic (exact) mass is 321 g/mol. The first-order valence-corrected chi connectivity index (χ1v) is 8.10. The third kappa shape index (κ3) is 2.52. The Morgan fingerprint density at radius 2 is 2.21 bits per heavy atom. The molecule has 0 aliphatic carbocycles. The van der Waals surface area contributed by atoms with Crippen molar-refractivity contribution in [3.63, 3.8) is 0 Å². The quantitative estimate of drug-likeness (QED) is 0.807. The van der Waals surface area contributed by atoms with Crippen LogP contribution >= 0.6 is 0 Å². The highest BCUT2D eigenvalue weighted by molar-refractivity contribution is 5.93. The predicted molar refractivity (Wildman–Crippen MR) is 91.5 cm³/mol. The fourth-order valence-corrected chi connectivity index (χ4v) is 3.18. The van der Waals surface area contributed by atoms with E-state index >= 15 is 0 Å². The van der Waals surface area contributed by atoms with Crippen LogP contribution in [0.15, 0.2) is 48.8 Å². The number of hydrogen-bond donors (Lipinski definition) is 1. The first-order valence-electron chi connectivity index (χ1n) is 8.10. The Morgan fingerprint density at radius 1 is 1.38 bits per heavy atom. The molecule has 5 heteroatoms. The number of para-hydroxylation sites is 1. The second-order valence-corrected chi connectivity index (χ2v) is 6.31. The lowest BCUT2D eigenvalue weighted by molar-refractivity contribution is 0.0928. The smallest absolute Gasteiger partial charge is 0.271 e. The van der Waals surface area contributed by atoms with Gasteiger partial charge in [0, 0.05) is 29.9 Å². The second-order valence-electron chi connectivity index (χ2n) is 6.31. The number of benzene rings is 1. The number of carbonyl (C=O) groups is 1. The number of hydrogen-bond acceptors (Lipinski definition) is 3. The molecule has 2 aromatic heterocycles. The van der Waals surface area contributed by atoms with Crippen molar-refractivity contribution < 1.29 is 9.53 Å². The van der Waals surface area contributed by atoms with E-state index in [1.54, 1.807) is 6.20 Å². The van der Waals surface area contributed by atoms with Gasteiger partial charge in [-0.15, -0.1) is 0 Å². The van der Waals surface area contributed by atoms with Gasteiger partial charge in [-0.25, -0.2) is 4.98 Å². The number of nitrogens with zero attached hydrogens (tertiary/aromatic N) is 2. The number of amides is 1. The summed E-state index contributed by atoms with van der Waals surface area (Å²) < 4.78 is 7.57. The summed E-state index contributed by atoms with van der Waals surface area (Å²) in [6.07, 6.45) is 3.68. The molecule has 1 aliphatic heterocycles. The van der Waals surface area contributed by atoms with Crippen molar-refractivity contribution >= 4 is 11.6 Å². The van der Waals surface area contributed by atoms with Crippen LogP contribution in [0, 0.1) is 6.92 Å². The minimum absolute atomic E-state index is 0.0345. The van der Waals surface area contributed by atoms with E-state index in [9.17, 15) is 4.79 Å². The van der Waals surface area contributed by atoms with E-state index in [0.29, 0.717) is 12.3 Å². The van der Waals surface area contributed by atoms with Gasteiger partial charge in [-0.2, -0.15) is 0 Å². The zero-order valence-corrected chi connectivity index (χ0v) is 13.7. The SMILES string of the molecule is Cc1ccn2cc(C(=O)NC(C)C3COc4ccccc43)nc2c1. The van der Waals surface area contributed by atoms with Crippen molar-refractivity contribution in [1.82, 2.24) is 14.7 Å². The third-order valence-electron chi connectivity index (χ3n) is 4.55. The molecule has 1 aliphatic rings. The van der Waals surface area contributed by atoms with Gasteiger partial charge in [0.05, 0.1) is 6.61 Å². The number of aryl methyl sites for hydroxylation is 1. The minimum atomic E-state index is -0.159. The van der Waals surface area contributed by atoms with Gasteiger partial charge in [0.1, 0.15) is 17.1 Å². The van der Waals surface area contributed by atoms with Crippen molar-refractivity contribution in [3.05, 3.63) is 65.6 Å². The Kier molecular flexibility index (Phi) is 3.49. The fourth-order valence-electron chi connectivity index (χ4n) is 3.18. The summed E-state index contributed by atoms with van der Waals surface area (Å²) in [6, 6.07) is 11.9. The zero-order chi connectivity index (χ0) is 16.7.